The Bertz CT molecular complexity index is 398. The van der Waals surface area contributed by atoms with Crippen molar-refractivity contribution in [2.24, 2.45) is 11.8 Å². The fourth-order valence-corrected chi connectivity index (χ4v) is 3.82. The molecule has 0 aromatic heterocycles. The topological polar surface area (TPSA) is 12.0 Å². The van der Waals surface area contributed by atoms with E-state index in [4.69, 9.17) is 0 Å². The molecule has 1 fully saturated rings. The third kappa shape index (κ3) is 2.61. The van der Waals surface area contributed by atoms with Crippen LogP contribution in [-0.2, 0) is 6.42 Å². The maximum absolute atomic E-state index is 3.83. The smallest absolute Gasteiger partial charge is 0.0326 e. The van der Waals surface area contributed by atoms with Gasteiger partial charge in [0.2, 0.25) is 0 Å². The van der Waals surface area contributed by atoms with Gasteiger partial charge in [0, 0.05) is 6.04 Å². The Labute approximate surface area is 111 Å². The second-order valence-corrected chi connectivity index (χ2v) is 6.34. The lowest BCUT2D eigenvalue weighted by molar-refractivity contribution is 0.266. The lowest BCUT2D eigenvalue weighted by atomic mass is 9.82. The first-order valence-electron chi connectivity index (χ1n) is 7.64. The van der Waals surface area contributed by atoms with E-state index in [0.29, 0.717) is 6.04 Å². The van der Waals surface area contributed by atoms with Crippen molar-refractivity contribution in [2.75, 3.05) is 6.54 Å². The molecule has 0 bridgehead atoms. The van der Waals surface area contributed by atoms with E-state index in [1.807, 2.05) is 0 Å². The summed E-state index contributed by atoms with van der Waals surface area (Å²) < 4.78 is 0. The van der Waals surface area contributed by atoms with Crippen LogP contribution in [0.3, 0.4) is 0 Å². The zero-order valence-corrected chi connectivity index (χ0v) is 11.5. The highest BCUT2D eigenvalue weighted by Gasteiger charge is 2.24. The molecule has 0 radical (unpaired) electrons. The highest BCUT2D eigenvalue weighted by Crippen LogP contribution is 2.32. The summed E-state index contributed by atoms with van der Waals surface area (Å²) in [5, 5.41) is 3.83. The molecule has 3 atom stereocenters. The molecule has 0 amide bonds. The van der Waals surface area contributed by atoms with Gasteiger partial charge < -0.3 is 5.32 Å². The van der Waals surface area contributed by atoms with Gasteiger partial charge >= 0.3 is 0 Å². The molecule has 1 nitrogen and oxygen atoms in total. The Kier molecular flexibility index (Phi) is 3.69. The summed E-state index contributed by atoms with van der Waals surface area (Å²) in [4.78, 5) is 0. The van der Waals surface area contributed by atoms with Gasteiger partial charge in [0.15, 0.2) is 0 Å². The van der Waals surface area contributed by atoms with Gasteiger partial charge in [-0.3, -0.25) is 0 Å². The van der Waals surface area contributed by atoms with E-state index in [9.17, 15) is 0 Å². The molecule has 2 aliphatic rings. The minimum Gasteiger partial charge on any atom is -0.310 e. The predicted octanol–water partition coefficient (Wildman–Crippen LogP) is 4.09. The predicted molar refractivity (Wildman–Crippen MR) is 76.6 cm³/mol. The Balaban J connectivity index is 1.55. The van der Waals surface area contributed by atoms with Crippen LogP contribution in [-0.4, -0.2) is 6.54 Å². The molecule has 0 saturated heterocycles. The Morgan fingerprint density at radius 3 is 2.94 bits per heavy atom. The number of rotatable bonds is 3. The molecule has 18 heavy (non-hydrogen) atoms. The summed E-state index contributed by atoms with van der Waals surface area (Å²) >= 11 is 0. The number of hydrogen-bond donors (Lipinski definition) is 1. The van der Waals surface area contributed by atoms with E-state index in [2.05, 4.69) is 36.5 Å². The van der Waals surface area contributed by atoms with E-state index in [0.717, 1.165) is 11.8 Å². The van der Waals surface area contributed by atoms with E-state index in [1.54, 1.807) is 11.1 Å². The zero-order chi connectivity index (χ0) is 12.4. The van der Waals surface area contributed by atoms with Gasteiger partial charge in [-0.15, -0.1) is 0 Å². The van der Waals surface area contributed by atoms with Gasteiger partial charge in [0.25, 0.3) is 0 Å². The first-order chi connectivity index (χ1) is 8.83. The SMILES string of the molecule is CC1CCCC(CNC2CCc3ccccc32)C1. The normalized spacial score (nSPS) is 31.3. The molecule has 2 aliphatic carbocycles. The van der Waals surface area contributed by atoms with Gasteiger partial charge in [-0.2, -0.15) is 0 Å². The molecule has 1 saturated carbocycles. The average molecular weight is 243 g/mol. The van der Waals surface area contributed by atoms with Crippen LogP contribution in [0.25, 0.3) is 0 Å². The monoisotopic (exact) mass is 243 g/mol. The first kappa shape index (κ1) is 12.2. The van der Waals surface area contributed by atoms with Crippen molar-refractivity contribution in [2.45, 2.75) is 51.5 Å². The number of fused-ring (bicyclic) bond motifs is 1. The fourth-order valence-electron chi connectivity index (χ4n) is 3.82. The highest BCUT2D eigenvalue weighted by atomic mass is 14.9. The van der Waals surface area contributed by atoms with Crippen molar-refractivity contribution in [3.63, 3.8) is 0 Å². The molecule has 1 heteroatoms. The maximum atomic E-state index is 3.83. The molecule has 1 aromatic carbocycles. The van der Waals surface area contributed by atoms with E-state index in [1.165, 1.54) is 45.1 Å². The van der Waals surface area contributed by atoms with Gasteiger partial charge in [-0.1, -0.05) is 44.0 Å². The van der Waals surface area contributed by atoms with Crippen molar-refractivity contribution >= 4 is 0 Å². The van der Waals surface area contributed by atoms with Gasteiger partial charge in [-0.05, 0) is 55.2 Å². The van der Waals surface area contributed by atoms with Crippen LogP contribution in [0.5, 0.6) is 0 Å². The quantitative estimate of drug-likeness (QED) is 0.843. The maximum Gasteiger partial charge on any atom is 0.0326 e. The van der Waals surface area contributed by atoms with Crippen molar-refractivity contribution in [3.05, 3.63) is 35.4 Å². The van der Waals surface area contributed by atoms with Gasteiger partial charge in [-0.25, -0.2) is 0 Å². The lowest BCUT2D eigenvalue weighted by Gasteiger charge is -2.28. The van der Waals surface area contributed by atoms with Crippen molar-refractivity contribution < 1.29 is 0 Å². The molecule has 3 unspecified atom stereocenters. The highest BCUT2D eigenvalue weighted by molar-refractivity contribution is 5.34. The summed E-state index contributed by atoms with van der Waals surface area (Å²) in [5.41, 5.74) is 3.12. The molecule has 0 heterocycles. The summed E-state index contributed by atoms with van der Waals surface area (Å²) in [6.45, 7) is 3.64. The van der Waals surface area contributed by atoms with E-state index < -0.39 is 0 Å². The van der Waals surface area contributed by atoms with Crippen molar-refractivity contribution in [3.8, 4) is 0 Å². The van der Waals surface area contributed by atoms with Crippen LogP contribution in [0.1, 0.15) is 56.2 Å². The molecular weight excluding hydrogens is 218 g/mol. The number of benzene rings is 1. The van der Waals surface area contributed by atoms with Crippen molar-refractivity contribution in [1.29, 1.82) is 0 Å². The largest absolute Gasteiger partial charge is 0.310 e. The summed E-state index contributed by atoms with van der Waals surface area (Å²) in [6.07, 6.45) is 8.31. The molecular formula is C17H25N. The van der Waals surface area contributed by atoms with Crippen LogP contribution in [0.4, 0.5) is 0 Å². The molecule has 1 aromatic rings. The standard InChI is InChI=1S/C17H25N/c1-13-5-4-6-14(11-13)12-18-17-10-9-15-7-2-3-8-16(15)17/h2-3,7-8,13-14,17-18H,4-6,9-12H2,1H3. The lowest BCUT2D eigenvalue weighted by Crippen LogP contribution is -2.29. The summed E-state index contributed by atoms with van der Waals surface area (Å²) in [5.74, 6) is 1.86. The second-order valence-electron chi connectivity index (χ2n) is 6.34. The molecule has 0 aliphatic heterocycles. The Morgan fingerprint density at radius 1 is 1.17 bits per heavy atom. The zero-order valence-electron chi connectivity index (χ0n) is 11.5. The summed E-state index contributed by atoms with van der Waals surface area (Å²) in [7, 11) is 0. The second kappa shape index (κ2) is 5.44. The molecule has 1 N–H and O–H groups in total. The van der Waals surface area contributed by atoms with Gasteiger partial charge in [0.1, 0.15) is 0 Å². The van der Waals surface area contributed by atoms with E-state index >= 15 is 0 Å². The number of hydrogen-bond acceptors (Lipinski definition) is 1. The van der Waals surface area contributed by atoms with Crippen LogP contribution in [0, 0.1) is 11.8 Å². The fraction of sp³-hybridized carbons (Fsp3) is 0.647. The molecule has 0 spiro atoms. The summed E-state index contributed by atoms with van der Waals surface area (Å²) in [6, 6.07) is 9.58. The average Bonchev–Trinajstić information content (AvgIpc) is 2.80. The third-order valence-electron chi connectivity index (χ3n) is 4.83. The van der Waals surface area contributed by atoms with Crippen LogP contribution >= 0.6 is 0 Å². The van der Waals surface area contributed by atoms with Crippen LogP contribution in [0.15, 0.2) is 24.3 Å². The molecule has 98 valence electrons. The van der Waals surface area contributed by atoms with Crippen molar-refractivity contribution in [1.82, 2.24) is 5.32 Å². The number of nitrogens with one attached hydrogen (secondary N) is 1. The Morgan fingerprint density at radius 2 is 2.06 bits per heavy atom. The van der Waals surface area contributed by atoms with Gasteiger partial charge in [0.05, 0.1) is 0 Å². The minimum absolute atomic E-state index is 0.624. The molecule has 3 rings (SSSR count). The van der Waals surface area contributed by atoms with Crippen LogP contribution < -0.4 is 5.32 Å². The number of aryl methyl sites for hydroxylation is 1. The minimum atomic E-state index is 0.624. The van der Waals surface area contributed by atoms with Crippen LogP contribution in [0.2, 0.25) is 0 Å². The Hall–Kier alpha value is -0.820. The first-order valence-corrected chi connectivity index (χ1v) is 7.64. The van der Waals surface area contributed by atoms with E-state index in [-0.39, 0.29) is 0 Å². The third-order valence-corrected chi connectivity index (χ3v) is 4.83.